The first-order valence-corrected chi connectivity index (χ1v) is 7.28. The van der Waals surface area contributed by atoms with Gasteiger partial charge in [-0.25, -0.2) is 0 Å². The van der Waals surface area contributed by atoms with Gasteiger partial charge in [0, 0.05) is 11.6 Å². The second-order valence-electron chi connectivity index (χ2n) is 4.93. The number of hydrogen-bond donors (Lipinski definition) is 1. The molecule has 0 saturated carbocycles. The third-order valence-corrected chi connectivity index (χ3v) is 3.32. The van der Waals surface area contributed by atoms with Crippen molar-refractivity contribution >= 4 is 5.91 Å². The van der Waals surface area contributed by atoms with Crippen molar-refractivity contribution in [1.82, 2.24) is 5.32 Å². The van der Waals surface area contributed by atoms with E-state index < -0.39 is 6.10 Å². The zero-order chi connectivity index (χ0) is 16.5. The van der Waals surface area contributed by atoms with Gasteiger partial charge in [0.1, 0.15) is 17.6 Å². The highest BCUT2D eigenvalue weighted by atomic mass is 16.5. The van der Waals surface area contributed by atoms with Gasteiger partial charge in [-0.05, 0) is 32.4 Å². The van der Waals surface area contributed by atoms with Crippen LogP contribution < -0.4 is 14.8 Å². The summed E-state index contributed by atoms with van der Waals surface area (Å²) in [6.45, 7) is 7.74. The first kappa shape index (κ1) is 18.0. The van der Waals surface area contributed by atoms with Crippen molar-refractivity contribution in [1.29, 1.82) is 0 Å². The number of methoxy groups -OCH3 is 2. The zero-order valence-corrected chi connectivity index (χ0v) is 13.7. The molecule has 1 rings (SSSR count). The zero-order valence-electron chi connectivity index (χ0n) is 13.7. The van der Waals surface area contributed by atoms with Crippen LogP contribution in [-0.4, -0.2) is 32.8 Å². The molecular weight excluding hydrogens is 282 g/mol. The Balaban J connectivity index is 2.69. The SMILES string of the molecule is C=CCCO[C@H](C)C(=O)N[C@@H](C)c1ccc(OC)cc1OC. The van der Waals surface area contributed by atoms with E-state index in [1.807, 2.05) is 19.1 Å². The lowest BCUT2D eigenvalue weighted by atomic mass is 10.1. The average molecular weight is 307 g/mol. The molecule has 0 aliphatic rings. The molecule has 0 bridgehead atoms. The molecule has 0 spiro atoms. The molecule has 0 heterocycles. The number of ether oxygens (including phenoxy) is 3. The molecule has 0 radical (unpaired) electrons. The van der Waals surface area contributed by atoms with Crippen molar-refractivity contribution in [3.63, 3.8) is 0 Å². The van der Waals surface area contributed by atoms with E-state index >= 15 is 0 Å². The highest BCUT2D eigenvalue weighted by Crippen LogP contribution is 2.29. The Morgan fingerprint density at radius 2 is 2.05 bits per heavy atom. The topological polar surface area (TPSA) is 56.8 Å². The van der Waals surface area contributed by atoms with Crippen LogP contribution in [0.5, 0.6) is 11.5 Å². The van der Waals surface area contributed by atoms with Crippen molar-refractivity contribution < 1.29 is 19.0 Å². The summed E-state index contributed by atoms with van der Waals surface area (Å²) in [4.78, 5) is 12.1. The molecule has 5 heteroatoms. The lowest BCUT2D eigenvalue weighted by Gasteiger charge is -2.20. The van der Waals surface area contributed by atoms with Gasteiger partial charge >= 0.3 is 0 Å². The Bertz CT molecular complexity index is 501. The van der Waals surface area contributed by atoms with E-state index in [9.17, 15) is 4.79 Å². The summed E-state index contributed by atoms with van der Waals surface area (Å²) in [5.41, 5.74) is 0.884. The fraction of sp³-hybridized carbons (Fsp3) is 0.471. The lowest BCUT2D eigenvalue weighted by Crippen LogP contribution is -2.36. The minimum absolute atomic E-state index is 0.158. The monoisotopic (exact) mass is 307 g/mol. The third kappa shape index (κ3) is 5.07. The van der Waals surface area contributed by atoms with Gasteiger partial charge in [-0.1, -0.05) is 6.08 Å². The third-order valence-electron chi connectivity index (χ3n) is 3.32. The van der Waals surface area contributed by atoms with Gasteiger partial charge in [-0.2, -0.15) is 0 Å². The highest BCUT2D eigenvalue weighted by Gasteiger charge is 2.19. The maximum absolute atomic E-state index is 12.1. The number of rotatable bonds is 9. The summed E-state index contributed by atoms with van der Waals surface area (Å²) < 4.78 is 16.0. The van der Waals surface area contributed by atoms with Gasteiger partial charge in [-0.15, -0.1) is 6.58 Å². The number of amides is 1. The largest absolute Gasteiger partial charge is 0.497 e. The van der Waals surface area contributed by atoms with E-state index in [0.29, 0.717) is 18.1 Å². The van der Waals surface area contributed by atoms with Crippen LogP contribution in [-0.2, 0) is 9.53 Å². The van der Waals surface area contributed by atoms with E-state index in [4.69, 9.17) is 14.2 Å². The Labute approximate surface area is 132 Å². The van der Waals surface area contributed by atoms with Crippen LogP contribution in [0, 0.1) is 0 Å². The van der Waals surface area contributed by atoms with Crippen LogP contribution >= 0.6 is 0 Å². The van der Waals surface area contributed by atoms with E-state index in [1.54, 1.807) is 33.3 Å². The Kier molecular flexibility index (Phi) is 7.46. The molecule has 5 nitrogen and oxygen atoms in total. The lowest BCUT2D eigenvalue weighted by molar-refractivity contribution is -0.132. The molecule has 1 amide bonds. The summed E-state index contributed by atoms with van der Waals surface area (Å²) in [7, 11) is 3.19. The van der Waals surface area contributed by atoms with E-state index in [1.165, 1.54) is 0 Å². The number of hydrogen-bond acceptors (Lipinski definition) is 4. The molecule has 0 aliphatic carbocycles. The van der Waals surface area contributed by atoms with Gasteiger partial charge in [0.25, 0.3) is 0 Å². The second-order valence-corrected chi connectivity index (χ2v) is 4.93. The standard InChI is InChI=1S/C17H25NO4/c1-6-7-10-22-13(3)17(19)18-12(2)15-9-8-14(20-4)11-16(15)21-5/h6,8-9,11-13H,1,7,10H2,2-5H3,(H,18,19)/t12-,13+/m0/s1. The van der Waals surface area contributed by atoms with Gasteiger partial charge in [0.2, 0.25) is 5.91 Å². The first-order chi connectivity index (χ1) is 10.5. The van der Waals surface area contributed by atoms with Gasteiger partial charge in [-0.3, -0.25) is 4.79 Å². The maximum atomic E-state index is 12.1. The van der Waals surface area contributed by atoms with Crippen LogP contribution in [0.25, 0.3) is 0 Å². The van der Waals surface area contributed by atoms with Crippen LogP contribution in [0.3, 0.4) is 0 Å². The minimum Gasteiger partial charge on any atom is -0.497 e. The average Bonchev–Trinajstić information content (AvgIpc) is 2.53. The van der Waals surface area contributed by atoms with E-state index in [2.05, 4.69) is 11.9 Å². The Morgan fingerprint density at radius 1 is 1.32 bits per heavy atom. The maximum Gasteiger partial charge on any atom is 0.249 e. The molecular formula is C17H25NO4. The molecule has 22 heavy (non-hydrogen) atoms. The molecule has 0 aromatic heterocycles. The summed E-state index contributed by atoms with van der Waals surface area (Å²) >= 11 is 0. The molecule has 0 fully saturated rings. The summed E-state index contributed by atoms with van der Waals surface area (Å²) in [5.74, 6) is 1.22. The molecule has 2 atom stereocenters. The predicted molar refractivity (Wildman–Crippen MR) is 86.3 cm³/mol. The predicted octanol–water partition coefficient (Wildman–Crippen LogP) is 2.86. The molecule has 0 unspecified atom stereocenters. The van der Waals surface area contributed by atoms with E-state index in [0.717, 1.165) is 12.0 Å². The summed E-state index contributed by atoms with van der Waals surface area (Å²) in [6.07, 6.45) is 1.97. The van der Waals surface area contributed by atoms with Crippen LogP contribution in [0.15, 0.2) is 30.9 Å². The fourth-order valence-electron chi connectivity index (χ4n) is 1.99. The number of nitrogens with one attached hydrogen (secondary N) is 1. The molecule has 122 valence electrons. The minimum atomic E-state index is -0.508. The smallest absolute Gasteiger partial charge is 0.249 e. The Morgan fingerprint density at radius 3 is 2.64 bits per heavy atom. The number of benzene rings is 1. The van der Waals surface area contributed by atoms with Crippen molar-refractivity contribution in [2.24, 2.45) is 0 Å². The summed E-state index contributed by atoms with van der Waals surface area (Å²) in [6, 6.07) is 5.32. The van der Waals surface area contributed by atoms with Gasteiger partial charge in [0.15, 0.2) is 0 Å². The first-order valence-electron chi connectivity index (χ1n) is 7.28. The van der Waals surface area contributed by atoms with Crippen LogP contribution in [0.2, 0.25) is 0 Å². The highest BCUT2D eigenvalue weighted by molar-refractivity contribution is 5.80. The fourth-order valence-corrected chi connectivity index (χ4v) is 1.99. The molecule has 1 N–H and O–H groups in total. The molecule has 0 saturated heterocycles. The van der Waals surface area contributed by atoms with Crippen molar-refractivity contribution in [3.05, 3.63) is 36.4 Å². The van der Waals surface area contributed by atoms with Gasteiger partial charge in [0.05, 0.1) is 26.9 Å². The molecule has 1 aromatic rings. The Hall–Kier alpha value is -2.01. The molecule has 1 aromatic carbocycles. The molecule has 0 aliphatic heterocycles. The van der Waals surface area contributed by atoms with Crippen molar-refractivity contribution in [2.75, 3.05) is 20.8 Å². The van der Waals surface area contributed by atoms with Crippen molar-refractivity contribution in [3.8, 4) is 11.5 Å². The number of carbonyl (C=O) groups is 1. The van der Waals surface area contributed by atoms with Crippen molar-refractivity contribution in [2.45, 2.75) is 32.4 Å². The van der Waals surface area contributed by atoms with Crippen LogP contribution in [0.4, 0.5) is 0 Å². The quantitative estimate of drug-likeness (QED) is 0.563. The van der Waals surface area contributed by atoms with E-state index in [-0.39, 0.29) is 11.9 Å². The van der Waals surface area contributed by atoms with Gasteiger partial charge < -0.3 is 19.5 Å². The van der Waals surface area contributed by atoms with Crippen LogP contribution in [0.1, 0.15) is 31.9 Å². The number of carbonyl (C=O) groups excluding carboxylic acids is 1. The second kappa shape index (κ2) is 9.10. The summed E-state index contributed by atoms with van der Waals surface area (Å²) in [5, 5.41) is 2.92. The normalized spacial score (nSPS) is 13.1.